The van der Waals surface area contributed by atoms with Gasteiger partial charge in [0.25, 0.3) is 0 Å². The molecule has 1 aromatic carbocycles. The second kappa shape index (κ2) is 6.78. The Hall–Kier alpha value is -1.78. The molecule has 1 atom stereocenters. The third kappa shape index (κ3) is 3.86. The van der Waals surface area contributed by atoms with Crippen LogP contribution in [0.1, 0.15) is 17.8 Å². The monoisotopic (exact) mass is 282 g/mol. The van der Waals surface area contributed by atoms with Gasteiger partial charge in [-0.1, -0.05) is 30.3 Å². The molecular formula is C17H22N4. The Kier molecular flexibility index (Phi) is 4.58. The molecule has 0 radical (unpaired) electrons. The molecular weight excluding hydrogens is 260 g/mol. The second-order valence-corrected chi connectivity index (χ2v) is 5.74. The Bertz CT molecular complexity index is 543. The molecule has 110 valence electrons. The number of nitrogens with zero attached hydrogens (tertiary/aromatic N) is 4. The summed E-state index contributed by atoms with van der Waals surface area (Å²) in [5.74, 6) is 0.904. The number of rotatable bonds is 5. The molecule has 0 spiro atoms. The van der Waals surface area contributed by atoms with Gasteiger partial charge in [-0.3, -0.25) is 9.80 Å². The Morgan fingerprint density at radius 3 is 2.67 bits per heavy atom. The molecule has 1 saturated heterocycles. The maximum absolute atomic E-state index is 4.31. The van der Waals surface area contributed by atoms with Gasteiger partial charge in [-0.2, -0.15) is 0 Å². The lowest BCUT2D eigenvalue weighted by atomic mass is 10.2. The van der Waals surface area contributed by atoms with Crippen LogP contribution in [0.15, 0.2) is 48.8 Å². The maximum Gasteiger partial charge on any atom is 0.142 e. The zero-order valence-electron chi connectivity index (χ0n) is 12.5. The molecule has 0 amide bonds. The minimum absolute atomic E-state index is 0.595. The fourth-order valence-electron chi connectivity index (χ4n) is 2.92. The van der Waals surface area contributed by atoms with E-state index in [0.717, 1.165) is 25.5 Å². The van der Waals surface area contributed by atoms with Crippen LogP contribution in [-0.2, 0) is 13.1 Å². The van der Waals surface area contributed by atoms with Gasteiger partial charge < -0.3 is 0 Å². The maximum atomic E-state index is 4.31. The van der Waals surface area contributed by atoms with Crippen molar-refractivity contribution in [3.8, 4) is 0 Å². The van der Waals surface area contributed by atoms with Gasteiger partial charge in [0.2, 0.25) is 0 Å². The lowest BCUT2D eigenvalue weighted by Gasteiger charge is -2.24. The van der Waals surface area contributed by atoms with Crippen molar-refractivity contribution in [2.45, 2.75) is 25.6 Å². The summed E-state index contributed by atoms with van der Waals surface area (Å²) in [5.41, 5.74) is 1.40. The first-order valence-corrected chi connectivity index (χ1v) is 7.53. The van der Waals surface area contributed by atoms with Crippen molar-refractivity contribution in [1.82, 2.24) is 19.8 Å². The van der Waals surface area contributed by atoms with Gasteiger partial charge in [-0.25, -0.2) is 9.97 Å². The van der Waals surface area contributed by atoms with Crippen molar-refractivity contribution in [2.75, 3.05) is 20.1 Å². The minimum Gasteiger partial charge on any atom is -0.297 e. The zero-order valence-corrected chi connectivity index (χ0v) is 12.5. The van der Waals surface area contributed by atoms with Crippen molar-refractivity contribution < 1.29 is 0 Å². The van der Waals surface area contributed by atoms with E-state index < -0.39 is 0 Å². The van der Waals surface area contributed by atoms with Gasteiger partial charge in [-0.15, -0.1) is 0 Å². The summed E-state index contributed by atoms with van der Waals surface area (Å²) in [6, 6.07) is 13.2. The summed E-state index contributed by atoms with van der Waals surface area (Å²) >= 11 is 0. The molecule has 3 rings (SSSR count). The average molecular weight is 282 g/mol. The number of likely N-dealkylation sites (tertiary alicyclic amines) is 1. The molecule has 1 fully saturated rings. The molecule has 1 aliphatic heterocycles. The molecule has 0 saturated carbocycles. The van der Waals surface area contributed by atoms with Crippen molar-refractivity contribution in [3.05, 3.63) is 60.2 Å². The van der Waals surface area contributed by atoms with Crippen molar-refractivity contribution in [2.24, 2.45) is 0 Å². The second-order valence-electron chi connectivity index (χ2n) is 5.74. The Labute approximate surface area is 126 Å². The van der Waals surface area contributed by atoms with Gasteiger partial charge in [-0.05, 0) is 25.1 Å². The summed E-state index contributed by atoms with van der Waals surface area (Å²) in [4.78, 5) is 13.5. The van der Waals surface area contributed by atoms with E-state index in [1.807, 2.05) is 18.5 Å². The van der Waals surface area contributed by atoms with Gasteiger partial charge >= 0.3 is 0 Å². The lowest BCUT2D eigenvalue weighted by Crippen LogP contribution is -2.34. The Morgan fingerprint density at radius 2 is 1.90 bits per heavy atom. The van der Waals surface area contributed by atoms with Crippen LogP contribution in [-0.4, -0.2) is 45.9 Å². The molecule has 1 unspecified atom stereocenters. The average Bonchev–Trinajstić information content (AvgIpc) is 2.98. The zero-order chi connectivity index (χ0) is 14.5. The molecule has 4 heteroatoms. The Morgan fingerprint density at radius 1 is 1.14 bits per heavy atom. The van der Waals surface area contributed by atoms with Crippen LogP contribution in [0.25, 0.3) is 0 Å². The van der Waals surface area contributed by atoms with E-state index in [1.54, 1.807) is 0 Å². The van der Waals surface area contributed by atoms with Crippen molar-refractivity contribution >= 4 is 0 Å². The van der Waals surface area contributed by atoms with Gasteiger partial charge in [0.05, 0.1) is 6.54 Å². The molecule has 0 aliphatic carbocycles. The summed E-state index contributed by atoms with van der Waals surface area (Å²) < 4.78 is 0. The van der Waals surface area contributed by atoms with E-state index in [4.69, 9.17) is 0 Å². The van der Waals surface area contributed by atoms with E-state index in [9.17, 15) is 0 Å². The van der Waals surface area contributed by atoms with Crippen LogP contribution in [0, 0.1) is 0 Å². The number of benzene rings is 1. The van der Waals surface area contributed by atoms with Crippen LogP contribution in [0.4, 0.5) is 0 Å². The quantitative estimate of drug-likeness (QED) is 0.841. The summed E-state index contributed by atoms with van der Waals surface area (Å²) in [6.45, 7) is 4.16. The minimum atomic E-state index is 0.595. The third-order valence-electron chi connectivity index (χ3n) is 4.13. The molecule has 1 aromatic heterocycles. The number of hydrogen-bond donors (Lipinski definition) is 0. The van der Waals surface area contributed by atoms with Crippen LogP contribution >= 0.6 is 0 Å². The predicted octanol–water partition coefficient (Wildman–Crippen LogP) is 2.18. The highest BCUT2D eigenvalue weighted by atomic mass is 15.2. The van der Waals surface area contributed by atoms with Crippen LogP contribution in [0.5, 0.6) is 0 Å². The molecule has 4 nitrogen and oxygen atoms in total. The standard InChI is InChI=1S/C17H22N4/c1-20(14-17-18-9-5-10-19-17)16-8-11-21(13-16)12-15-6-3-2-4-7-15/h2-7,9-10,16H,8,11-14H2,1H3. The molecule has 1 aliphatic rings. The topological polar surface area (TPSA) is 32.3 Å². The summed E-state index contributed by atoms with van der Waals surface area (Å²) in [5, 5.41) is 0. The summed E-state index contributed by atoms with van der Waals surface area (Å²) in [6.07, 6.45) is 4.84. The van der Waals surface area contributed by atoms with E-state index in [-0.39, 0.29) is 0 Å². The van der Waals surface area contributed by atoms with Gasteiger partial charge in [0.1, 0.15) is 5.82 Å². The molecule has 0 N–H and O–H groups in total. The molecule has 2 heterocycles. The van der Waals surface area contributed by atoms with Crippen molar-refractivity contribution in [1.29, 1.82) is 0 Å². The number of hydrogen-bond acceptors (Lipinski definition) is 4. The molecule has 2 aromatic rings. The van der Waals surface area contributed by atoms with E-state index in [0.29, 0.717) is 6.04 Å². The third-order valence-corrected chi connectivity index (χ3v) is 4.13. The first-order chi connectivity index (χ1) is 10.3. The predicted molar refractivity (Wildman–Crippen MR) is 83.6 cm³/mol. The van der Waals surface area contributed by atoms with E-state index in [2.05, 4.69) is 57.1 Å². The van der Waals surface area contributed by atoms with E-state index in [1.165, 1.54) is 18.5 Å². The van der Waals surface area contributed by atoms with Gasteiger partial charge in [0, 0.05) is 38.1 Å². The number of likely N-dealkylation sites (N-methyl/N-ethyl adjacent to an activating group) is 1. The molecule has 21 heavy (non-hydrogen) atoms. The van der Waals surface area contributed by atoms with Crippen LogP contribution in [0.3, 0.4) is 0 Å². The largest absolute Gasteiger partial charge is 0.297 e. The normalized spacial score (nSPS) is 19.2. The fraction of sp³-hybridized carbons (Fsp3) is 0.412. The smallest absolute Gasteiger partial charge is 0.142 e. The first kappa shape index (κ1) is 14.2. The highest BCUT2D eigenvalue weighted by Crippen LogP contribution is 2.18. The number of aromatic nitrogens is 2. The first-order valence-electron chi connectivity index (χ1n) is 7.53. The van der Waals surface area contributed by atoms with Crippen LogP contribution in [0.2, 0.25) is 0 Å². The molecule has 0 bridgehead atoms. The Balaban J connectivity index is 1.52. The summed E-state index contributed by atoms with van der Waals surface area (Å²) in [7, 11) is 2.17. The lowest BCUT2D eigenvalue weighted by molar-refractivity contribution is 0.218. The fourth-order valence-corrected chi connectivity index (χ4v) is 2.92. The highest BCUT2D eigenvalue weighted by Gasteiger charge is 2.25. The highest BCUT2D eigenvalue weighted by molar-refractivity contribution is 5.14. The van der Waals surface area contributed by atoms with Crippen molar-refractivity contribution in [3.63, 3.8) is 0 Å². The van der Waals surface area contributed by atoms with Crippen LogP contribution < -0.4 is 0 Å². The SMILES string of the molecule is CN(Cc1ncccn1)C1CCN(Cc2ccccc2)C1. The van der Waals surface area contributed by atoms with E-state index >= 15 is 0 Å². The van der Waals surface area contributed by atoms with Gasteiger partial charge in [0.15, 0.2) is 0 Å².